The summed E-state index contributed by atoms with van der Waals surface area (Å²) in [7, 11) is -6.09. The first kappa shape index (κ1) is 14.5. The number of H-pyrrole nitrogens is 1. The van der Waals surface area contributed by atoms with Crippen LogP contribution in [0.3, 0.4) is 0 Å². The van der Waals surface area contributed by atoms with Crippen molar-refractivity contribution in [3.8, 4) is 0 Å². The zero-order valence-electron chi connectivity index (χ0n) is 10.4. The van der Waals surface area contributed by atoms with E-state index >= 15 is 0 Å². The smallest absolute Gasteiger partial charge is 0.261 e. The van der Waals surface area contributed by atoms with E-state index in [-0.39, 0.29) is 15.5 Å². The van der Waals surface area contributed by atoms with E-state index < -0.39 is 20.0 Å². The molecular formula is C10H12N4O4S2. The number of benzene rings is 1. The molecular weight excluding hydrogens is 304 g/mol. The third-order valence-corrected chi connectivity index (χ3v) is 5.29. The van der Waals surface area contributed by atoms with Crippen LogP contribution in [0.2, 0.25) is 0 Å². The van der Waals surface area contributed by atoms with Crippen LogP contribution in [0.15, 0.2) is 46.5 Å². The second-order valence-corrected chi connectivity index (χ2v) is 7.34. The van der Waals surface area contributed by atoms with E-state index in [9.17, 15) is 16.8 Å². The van der Waals surface area contributed by atoms with Crippen molar-refractivity contribution in [1.82, 2.24) is 14.9 Å². The van der Waals surface area contributed by atoms with Crippen LogP contribution in [0.4, 0.5) is 5.69 Å². The Bertz CT molecular complexity index is 780. The largest absolute Gasteiger partial charge is 0.284 e. The Balaban J connectivity index is 2.30. The van der Waals surface area contributed by atoms with Crippen molar-refractivity contribution in [3.63, 3.8) is 0 Å². The Morgan fingerprint density at radius 2 is 1.55 bits per heavy atom. The van der Waals surface area contributed by atoms with Crippen LogP contribution in [0.25, 0.3) is 0 Å². The van der Waals surface area contributed by atoms with E-state index in [1.807, 2.05) is 0 Å². The minimum absolute atomic E-state index is 0.0118. The molecule has 1 aromatic heterocycles. The van der Waals surface area contributed by atoms with Gasteiger partial charge in [-0.15, -0.1) is 0 Å². The molecule has 8 nitrogen and oxygen atoms in total. The van der Waals surface area contributed by atoms with Gasteiger partial charge in [0.15, 0.2) is 0 Å². The molecule has 20 heavy (non-hydrogen) atoms. The molecule has 0 atom stereocenters. The maximum Gasteiger partial charge on any atom is 0.261 e. The van der Waals surface area contributed by atoms with Crippen molar-refractivity contribution in [2.75, 3.05) is 11.8 Å². The van der Waals surface area contributed by atoms with Gasteiger partial charge in [0, 0.05) is 6.20 Å². The average molecular weight is 316 g/mol. The van der Waals surface area contributed by atoms with Crippen LogP contribution < -0.4 is 9.44 Å². The van der Waals surface area contributed by atoms with E-state index in [1.165, 1.54) is 43.7 Å². The van der Waals surface area contributed by atoms with Gasteiger partial charge in [-0.3, -0.25) is 9.82 Å². The van der Waals surface area contributed by atoms with Gasteiger partial charge >= 0.3 is 0 Å². The Hall–Kier alpha value is -1.91. The highest BCUT2D eigenvalue weighted by Gasteiger charge is 2.17. The summed E-state index contributed by atoms with van der Waals surface area (Å²) in [5.74, 6) is 0. The zero-order valence-corrected chi connectivity index (χ0v) is 12.0. The maximum atomic E-state index is 12.0. The van der Waals surface area contributed by atoms with Gasteiger partial charge in [-0.2, -0.15) is 5.10 Å². The van der Waals surface area contributed by atoms with Crippen molar-refractivity contribution in [3.05, 3.63) is 36.7 Å². The molecule has 108 valence electrons. The third kappa shape index (κ3) is 2.98. The minimum atomic E-state index is -3.78. The van der Waals surface area contributed by atoms with Crippen LogP contribution in [-0.2, 0) is 20.0 Å². The fraction of sp³-hybridized carbons (Fsp3) is 0.100. The molecule has 0 aliphatic heterocycles. The van der Waals surface area contributed by atoms with Crippen LogP contribution >= 0.6 is 0 Å². The Morgan fingerprint density at radius 1 is 1.00 bits per heavy atom. The first-order valence-corrected chi connectivity index (χ1v) is 8.37. The van der Waals surface area contributed by atoms with Crippen LogP contribution in [-0.4, -0.2) is 34.1 Å². The van der Waals surface area contributed by atoms with Crippen molar-refractivity contribution in [1.29, 1.82) is 0 Å². The SMILES string of the molecule is CNS(=O)(=O)c1ccc(S(=O)(=O)Nc2cn[nH]c2)cc1. The number of aromatic nitrogens is 2. The van der Waals surface area contributed by atoms with Gasteiger partial charge in [-0.25, -0.2) is 21.6 Å². The van der Waals surface area contributed by atoms with Gasteiger partial charge in [0.05, 0.1) is 21.7 Å². The van der Waals surface area contributed by atoms with Crippen LogP contribution in [0, 0.1) is 0 Å². The van der Waals surface area contributed by atoms with Gasteiger partial charge in [-0.1, -0.05) is 0 Å². The summed E-state index contributed by atoms with van der Waals surface area (Å²) in [5.41, 5.74) is 0.289. The van der Waals surface area contributed by atoms with Crippen molar-refractivity contribution in [2.45, 2.75) is 9.79 Å². The topological polar surface area (TPSA) is 121 Å². The molecule has 0 fully saturated rings. The lowest BCUT2D eigenvalue weighted by Crippen LogP contribution is -2.19. The molecule has 0 unspecified atom stereocenters. The highest BCUT2D eigenvalue weighted by atomic mass is 32.2. The van der Waals surface area contributed by atoms with Crippen molar-refractivity contribution in [2.24, 2.45) is 0 Å². The molecule has 2 rings (SSSR count). The number of hydrogen-bond acceptors (Lipinski definition) is 5. The molecule has 0 amide bonds. The molecule has 1 aromatic carbocycles. The van der Waals surface area contributed by atoms with Crippen LogP contribution in [0.5, 0.6) is 0 Å². The lowest BCUT2D eigenvalue weighted by molar-refractivity contribution is 0.587. The van der Waals surface area contributed by atoms with Gasteiger partial charge in [-0.05, 0) is 31.3 Å². The highest BCUT2D eigenvalue weighted by Crippen LogP contribution is 2.17. The lowest BCUT2D eigenvalue weighted by Gasteiger charge is -2.07. The predicted molar refractivity (Wildman–Crippen MR) is 72.1 cm³/mol. The van der Waals surface area contributed by atoms with Crippen molar-refractivity contribution >= 4 is 25.7 Å². The quantitative estimate of drug-likeness (QED) is 0.723. The van der Waals surface area contributed by atoms with Crippen molar-refractivity contribution < 1.29 is 16.8 Å². The number of sulfonamides is 2. The number of aromatic amines is 1. The van der Waals surface area contributed by atoms with E-state index in [1.54, 1.807) is 0 Å². The monoisotopic (exact) mass is 316 g/mol. The number of rotatable bonds is 5. The predicted octanol–water partition coefficient (Wildman–Crippen LogP) is 0.119. The van der Waals surface area contributed by atoms with E-state index in [0.29, 0.717) is 0 Å². The third-order valence-electron chi connectivity index (χ3n) is 2.46. The number of nitrogens with zero attached hydrogens (tertiary/aromatic N) is 1. The molecule has 0 radical (unpaired) electrons. The summed E-state index contributed by atoms with van der Waals surface area (Å²) < 4.78 is 51.5. The van der Waals surface area contributed by atoms with E-state index in [4.69, 9.17) is 0 Å². The summed E-state index contributed by atoms with van der Waals surface area (Å²) in [6.45, 7) is 0. The molecule has 1 heterocycles. The first-order chi connectivity index (χ1) is 9.35. The Labute approximate surface area is 116 Å². The zero-order chi connectivity index (χ0) is 14.8. The van der Waals surface area contributed by atoms with E-state index in [0.717, 1.165) is 0 Å². The second-order valence-electron chi connectivity index (χ2n) is 3.77. The minimum Gasteiger partial charge on any atom is -0.284 e. The number of hydrogen-bond donors (Lipinski definition) is 3. The molecule has 0 spiro atoms. The maximum absolute atomic E-state index is 12.0. The average Bonchev–Trinajstić information content (AvgIpc) is 2.91. The fourth-order valence-corrected chi connectivity index (χ4v) is 3.20. The molecule has 10 heteroatoms. The van der Waals surface area contributed by atoms with Gasteiger partial charge in [0.1, 0.15) is 0 Å². The van der Waals surface area contributed by atoms with Crippen LogP contribution in [0.1, 0.15) is 0 Å². The molecule has 3 N–H and O–H groups in total. The lowest BCUT2D eigenvalue weighted by atomic mass is 10.4. The summed E-state index contributed by atoms with van der Waals surface area (Å²) >= 11 is 0. The summed E-state index contributed by atoms with van der Waals surface area (Å²) in [6.07, 6.45) is 2.70. The summed E-state index contributed by atoms with van der Waals surface area (Å²) in [4.78, 5) is -0.0592. The number of anilines is 1. The molecule has 2 aromatic rings. The second kappa shape index (κ2) is 5.23. The standard InChI is InChI=1S/C10H12N4O4S2/c1-11-19(15,16)9-2-4-10(5-3-9)20(17,18)14-8-6-12-13-7-8/h2-7,11,14H,1H3,(H,12,13). The molecule has 0 bridgehead atoms. The van der Waals surface area contributed by atoms with Gasteiger partial charge in [0.25, 0.3) is 10.0 Å². The first-order valence-electron chi connectivity index (χ1n) is 5.40. The summed E-state index contributed by atoms with van der Waals surface area (Å²) in [5, 5.41) is 6.09. The normalized spacial score (nSPS) is 12.2. The highest BCUT2D eigenvalue weighted by molar-refractivity contribution is 7.92. The Morgan fingerprint density at radius 3 is 2.00 bits per heavy atom. The molecule has 0 aliphatic rings. The summed E-state index contributed by atoms with van der Waals surface area (Å²) in [6, 6.07) is 4.87. The molecule has 0 saturated heterocycles. The number of nitrogens with one attached hydrogen (secondary N) is 3. The van der Waals surface area contributed by atoms with Gasteiger partial charge in [0.2, 0.25) is 10.0 Å². The van der Waals surface area contributed by atoms with E-state index in [2.05, 4.69) is 19.6 Å². The van der Waals surface area contributed by atoms with Gasteiger partial charge < -0.3 is 0 Å². The molecule has 0 aliphatic carbocycles. The molecule has 0 saturated carbocycles. The fourth-order valence-electron chi connectivity index (χ4n) is 1.44. The Kier molecular flexibility index (Phi) is 3.79.